The van der Waals surface area contributed by atoms with Crippen LogP contribution in [0, 0.1) is 11.3 Å². The summed E-state index contributed by atoms with van der Waals surface area (Å²) < 4.78 is 10.6. The number of ether oxygens (including phenoxy) is 2. The lowest BCUT2D eigenvalue weighted by atomic mass is 10.0. The first-order valence-electron chi connectivity index (χ1n) is 6.96. The normalized spacial score (nSPS) is 14.1. The number of hydrogen-bond donors (Lipinski definition) is 1. The zero-order chi connectivity index (χ0) is 16.4. The average molecular weight is 306 g/mol. The predicted octanol–water partition coefficient (Wildman–Crippen LogP) is 3.07. The fraction of sp³-hybridized carbons (Fsp3) is 0.111. The smallest absolute Gasteiger partial charge is 0.256 e. The number of nitriles is 1. The third-order valence-corrected chi connectivity index (χ3v) is 3.69. The molecule has 1 aliphatic heterocycles. The second-order valence-electron chi connectivity index (χ2n) is 4.96. The summed E-state index contributed by atoms with van der Waals surface area (Å²) in [6.07, 6.45) is 1.74. The molecule has 2 aromatic rings. The van der Waals surface area contributed by atoms with Crippen molar-refractivity contribution in [1.82, 2.24) is 0 Å². The van der Waals surface area contributed by atoms with E-state index in [1.54, 1.807) is 50.6 Å². The van der Waals surface area contributed by atoms with Crippen molar-refractivity contribution in [2.24, 2.45) is 0 Å². The number of para-hydroxylation sites is 1. The highest BCUT2D eigenvalue weighted by atomic mass is 16.5. The first-order chi connectivity index (χ1) is 11.2. The van der Waals surface area contributed by atoms with E-state index >= 15 is 0 Å². The summed E-state index contributed by atoms with van der Waals surface area (Å²) in [5, 5.41) is 11.9. The minimum atomic E-state index is -0.243. The van der Waals surface area contributed by atoms with Crippen LogP contribution in [0.2, 0.25) is 0 Å². The Bertz CT molecular complexity index is 863. The van der Waals surface area contributed by atoms with Crippen molar-refractivity contribution in [3.63, 3.8) is 0 Å². The molecule has 1 N–H and O–H groups in total. The molecule has 1 heterocycles. The van der Waals surface area contributed by atoms with Gasteiger partial charge in [0.15, 0.2) is 0 Å². The van der Waals surface area contributed by atoms with Gasteiger partial charge in [0.05, 0.1) is 25.5 Å². The fourth-order valence-corrected chi connectivity index (χ4v) is 2.56. The van der Waals surface area contributed by atoms with Crippen LogP contribution in [0.5, 0.6) is 11.5 Å². The highest BCUT2D eigenvalue weighted by molar-refractivity contribution is 6.35. The van der Waals surface area contributed by atoms with E-state index in [0.29, 0.717) is 33.9 Å². The summed E-state index contributed by atoms with van der Waals surface area (Å²) in [4.78, 5) is 12.3. The molecular weight excluding hydrogens is 292 g/mol. The lowest BCUT2D eigenvalue weighted by Crippen LogP contribution is -2.04. The van der Waals surface area contributed by atoms with E-state index in [9.17, 15) is 4.79 Å². The molecule has 0 unspecified atom stereocenters. The number of nitrogens with zero attached hydrogens (tertiary/aromatic N) is 1. The van der Waals surface area contributed by atoms with Gasteiger partial charge in [-0.05, 0) is 30.3 Å². The molecule has 0 spiro atoms. The molecule has 23 heavy (non-hydrogen) atoms. The van der Waals surface area contributed by atoms with Crippen molar-refractivity contribution in [3.8, 4) is 17.6 Å². The molecule has 114 valence electrons. The number of carbonyl (C=O) groups is 1. The molecule has 0 radical (unpaired) electrons. The van der Waals surface area contributed by atoms with Crippen LogP contribution in [-0.2, 0) is 4.79 Å². The molecule has 0 saturated carbocycles. The Hall–Kier alpha value is -3.26. The Morgan fingerprint density at radius 2 is 2.00 bits per heavy atom. The van der Waals surface area contributed by atoms with E-state index in [4.69, 9.17) is 14.7 Å². The number of methoxy groups -OCH3 is 2. The molecule has 3 rings (SSSR count). The number of nitrogens with one attached hydrogen (secondary N) is 1. The van der Waals surface area contributed by atoms with E-state index in [1.165, 1.54) is 0 Å². The van der Waals surface area contributed by atoms with Crippen LogP contribution >= 0.6 is 0 Å². The van der Waals surface area contributed by atoms with Crippen molar-refractivity contribution in [3.05, 3.63) is 53.1 Å². The van der Waals surface area contributed by atoms with E-state index in [0.717, 1.165) is 5.56 Å². The number of anilines is 1. The van der Waals surface area contributed by atoms with Gasteiger partial charge < -0.3 is 14.8 Å². The van der Waals surface area contributed by atoms with Crippen molar-refractivity contribution < 1.29 is 14.3 Å². The highest BCUT2D eigenvalue weighted by Gasteiger charge is 2.26. The van der Waals surface area contributed by atoms with Crippen LogP contribution in [-0.4, -0.2) is 20.1 Å². The van der Waals surface area contributed by atoms with Crippen LogP contribution in [0.1, 0.15) is 16.7 Å². The number of hydrogen-bond acceptors (Lipinski definition) is 4. The number of carbonyl (C=O) groups excluding carboxylic acids is 1. The van der Waals surface area contributed by atoms with Crippen LogP contribution in [0.3, 0.4) is 0 Å². The minimum Gasteiger partial charge on any atom is -0.497 e. The van der Waals surface area contributed by atoms with Crippen molar-refractivity contribution >= 4 is 23.2 Å². The van der Waals surface area contributed by atoms with E-state index in [1.807, 2.05) is 6.07 Å². The van der Waals surface area contributed by atoms with Gasteiger partial charge in [-0.15, -0.1) is 0 Å². The lowest BCUT2D eigenvalue weighted by Gasteiger charge is -2.08. The fourth-order valence-electron chi connectivity index (χ4n) is 2.56. The summed E-state index contributed by atoms with van der Waals surface area (Å²) in [5.41, 5.74) is 2.92. The summed E-state index contributed by atoms with van der Waals surface area (Å²) in [5.74, 6) is 1.06. The van der Waals surface area contributed by atoms with E-state index < -0.39 is 0 Å². The molecular formula is C18H14N2O3. The standard InChI is InChI=1S/C18H14N2O3/c1-22-13-6-7-16(23-2)12(8-13)9-15-14-5-3-4-11(10-19)17(14)20-18(15)21/h3-9H,1-2H3,(H,20,21)/b15-9-. The summed E-state index contributed by atoms with van der Waals surface area (Å²) in [6.45, 7) is 0. The van der Waals surface area contributed by atoms with Gasteiger partial charge in [0.2, 0.25) is 0 Å². The second-order valence-corrected chi connectivity index (χ2v) is 4.96. The molecule has 2 aromatic carbocycles. The van der Waals surface area contributed by atoms with Gasteiger partial charge in [0.1, 0.15) is 17.6 Å². The Labute approximate surface area is 133 Å². The van der Waals surface area contributed by atoms with Crippen LogP contribution in [0.25, 0.3) is 11.6 Å². The zero-order valence-corrected chi connectivity index (χ0v) is 12.7. The minimum absolute atomic E-state index is 0.243. The Balaban J connectivity index is 2.16. The second kappa shape index (κ2) is 5.85. The van der Waals surface area contributed by atoms with Crippen molar-refractivity contribution in [2.45, 2.75) is 0 Å². The quantitative estimate of drug-likeness (QED) is 0.885. The molecule has 0 fully saturated rings. The molecule has 1 aliphatic rings. The van der Waals surface area contributed by atoms with E-state index in [-0.39, 0.29) is 5.91 Å². The van der Waals surface area contributed by atoms with Gasteiger partial charge in [0.25, 0.3) is 5.91 Å². The molecule has 0 aromatic heterocycles. The largest absolute Gasteiger partial charge is 0.497 e. The maximum absolute atomic E-state index is 12.3. The van der Waals surface area contributed by atoms with Crippen LogP contribution in [0.15, 0.2) is 36.4 Å². The first kappa shape index (κ1) is 14.7. The summed E-state index contributed by atoms with van der Waals surface area (Å²) >= 11 is 0. The summed E-state index contributed by atoms with van der Waals surface area (Å²) in [6, 6.07) is 12.7. The monoisotopic (exact) mass is 306 g/mol. The molecule has 5 heteroatoms. The van der Waals surface area contributed by atoms with Gasteiger partial charge in [-0.25, -0.2) is 0 Å². The molecule has 5 nitrogen and oxygen atoms in total. The topological polar surface area (TPSA) is 71.3 Å². The maximum Gasteiger partial charge on any atom is 0.256 e. The molecule has 0 bridgehead atoms. The Morgan fingerprint density at radius 3 is 2.70 bits per heavy atom. The van der Waals surface area contributed by atoms with Gasteiger partial charge >= 0.3 is 0 Å². The summed E-state index contributed by atoms with van der Waals surface area (Å²) in [7, 11) is 3.15. The number of rotatable bonds is 3. The molecule has 0 atom stereocenters. The predicted molar refractivity (Wildman–Crippen MR) is 87.2 cm³/mol. The molecule has 1 amide bonds. The SMILES string of the molecule is COc1ccc(OC)c(/C=C2\C(=O)Nc3c(C#N)cccc32)c1. The van der Waals surface area contributed by atoms with Gasteiger partial charge in [-0.2, -0.15) is 5.26 Å². The third kappa shape index (κ3) is 2.51. The Morgan fingerprint density at radius 1 is 1.17 bits per heavy atom. The average Bonchev–Trinajstić information content (AvgIpc) is 2.90. The molecule has 0 saturated heterocycles. The van der Waals surface area contributed by atoms with Gasteiger partial charge in [-0.1, -0.05) is 12.1 Å². The van der Waals surface area contributed by atoms with Crippen molar-refractivity contribution in [2.75, 3.05) is 19.5 Å². The number of benzene rings is 2. The lowest BCUT2D eigenvalue weighted by molar-refractivity contribution is -0.110. The molecule has 0 aliphatic carbocycles. The van der Waals surface area contributed by atoms with Gasteiger partial charge in [0, 0.05) is 16.7 Å². The van der Waals surface area contributed by atoms with Crippen LogP contribution in [0.4, 0.5) is 5.69 Å². The number of amides is 1. The Kier molecular flexibility index (Phi) is 3.73. The number of fused-ring (bicyclic) bond motifs is 1. The highest BCUT2D eigenvalue weighted by Crippen LogP contribution is 2.37. The maximum atomic E-state index is 12.3. The first-order valence-corrected chi connectivity index (χ1v) is 6.96. The van der Waals surface area contributed by atoms with E-state index in [2.05, 4.69) is 11.4 Å². The zero-order valence-electron chi connectivity index (χ0n) is 12.7. The van der Waals surface area contributed by atoms with Crippen LogP contribution < -0.4 is 14.8 Å². The third-order valence-electron chi connectivity index (χ3n) is 3.69. The van der Waals surface area contributed by atoms with Crippen molar-refractivity contribution in [1.29, 1.82) is 5.26 Å². The van der Waals surface area contributed by atoms with Gasteiger partial charge in [-0.3, -0.25) is 4.79 Å².